The second kappa shape index (κ2) is 9.39. The fourth-order valence-corrected chi connectivity index (χ4v) is 4.94. The summed E-state index contributed by atoms with van der Waals surface area (Å²) in [6, 6.07) is -0.491. The first kappa shape index (κ1) is 20.6. The minimum atomic E-state index is -0.860. The second-order valence-electron chi connectivity index (χ2n) is 8.15. The Morgan fingerprint density at radius 1 is 0.846 bits per heavy atom. The maximum Gasteiger partial charge on any atom is 0.320 e. The maximum atomic E-state index is 13.5. The van der Waals surface area contributed by atoms with Gasteiger partial charge in [0.05, 0.1) is 12.1 Å². The molecule has 2 N–H and O–H groups in total. The van der Waals surface area contributed by atoms with E-state index in [0.717, 1.165) is 37.4 Å². The number of amides is 2. The average molecular weight is 403 g/mol. The van der Waals surface area contributed by atoms with Gasteiger partial charge in [0.25, 0.3) is 0 Å². The van der Waals surface area contributed by atoms with Gasteiger partial charge >= 0.3 is 6.03 Å². The lowest BCUT2D eigenvalue weighted by molar-refractivity contribution is -0.0412. The van der Waals surface area contributed by atoms with E-state index in [0.29, 0.717) is 11.8 Å². The molecule has 26 heavy (non-hydrogen) atoms. The molecular formula is C19H34N2O3S2. The molecule has 0 aromatic carbocycles. The van der Waals surface area contributed by atoms with Crippen LogP contribution in [0.25, 0.3) is 0 Å². The van der Waals surface area contributed by atoms with Gasteiger partial charge in [0, 0.05) is 13.1 Å². The molecule has 4 unspecified atom stereocenters. The molecule has 0 bridgehead atoms. The van der Waals surface area contributed by atoms with Crippen LogP contribution in [0.15, 0.2) is 0 Å². The number of carbonyl (C=O) groups is 1. The van der Waals surface area contributed by atoms with Gasteiger partial charge in [-0.25, -0.2) is 4.79 Å². The van der Waals surface area contributed by atoms with Gasteiger partial charge in [0.2, 0.25) is 0 Å². The first-order chi connectivity index (χ1) is 12.6. The number of thioether (sulfide) groups is 2. The number of urea groups is 1. The van der Waals surface area contributed by atoms with E-state index in [1.807, 2.05) is 22.3 Å². The van der Waals surface area contributed by atoms with Gasteiger partial charge < -0.3 is 20.0 Å². The Kier molecular flexibility index (Phi) is 7.45. The van der Waals surface area contributed by atoms with E-state index < -0.39 is 12.2 Å². The monoisotopic (exact) mass is 402 g/mol. The number of aliphatic hydroxyl groups excluding tert-OH is 2. The summed E-state index contributed by atoms with van der Waals surface area (Å²) in [5, 5.41) is 22.0. The van der Waals surface area contributed by atoms with E-state index in [9.17, 15) is 15.0 Å². The van der Waals surface area contributed by atoms with E-state index in [4.69, 9.17) is 0 Å². The van der Waals surface area contributed by atoms with Crippen LogP contribution in [0.3, 0.4) is 0 Å². The van der Waals surface area contributed by atoms with Crippen LogP contribution in [0.1, 0.15) is 38.5 Å². The predicted octanol–water partition coefficient (Wildman–Crippen LogP) is 2.51. The lowest BCUT2D eigenvalue weighted by Gasteiger charge is -2.35. The summed E-state index contributed by atoms with van der Waals surface area (Å²) in [7, 11) is 0. The lowest BCUT2D eigenvalue weighted by Crippen LogP contribution is -2.51. The van der Waals surface area contributed by atoms with Gasteiger partial charge in [-0.1, -0.05) is 0 Å². The molecule has 0 aromatic rings. The molecule has 4 atom stereocenters. The highest BCUT2D eigenvalue weighted by atomic mass is 32.2. The van der Waals surface area contributed by atoms with Crippen molar-refractivity contribution in [1.82, 2.24) is 9.80 Å². The second-order valence-corrected chi connectivity index (χ2v) is 10.1. The largest absolute Gasteiger partial charge is 0.388 e. The molecule has 1 aliphatic heterocycles. The average Bonchev–Trinajstić information content (AvgIpc) is 3.53. The van der Waals surface area contributed by atoms with Crippen LogP contribution in [-0.2, 0) is 0 Å². The first-order valence-electron chi connectivity index (χ1n) is 9.98. The van der Waals surface area contributed by atoms with Crippen molar-refractivity contribution in [2.75, 3.05) is 37.1 Å². The number of nitrogens with zero attached hydrogens (tertiary/aromatic N) is 2. The van der Waals surface area contributed by atoms with Crippen LogP contribution in [0.4, 0.5) is 4.79 Å². The molecule has 0 spiro atoms. The van der Waals surface area contributed by atoms with Crippen LogP contribution in [0, 0.1) is 11.8 Å². The fourth-order valence-electron chi connectivity index (χ4n) is 3.99. The molecule has 2 aliphatic carbocycles. The molecular weight excluding hydrogens is 368 g/mol. The van der Waals surface area contributed by atoms with Gasteiger partial charge in [0.15, 0.2) is 0 Å². The van der Waals surface area contributed by atoms with E-state index in [-0.39, 0.29) is 18.1 Å². The zero-order chi connectivity index (χ0) is 18.7. The van der Waals surface area contributed by atoms with Gasteiger partial charge in [-0.2, -0.15) is 23.5 Å². The third-order valence-electron chi connectivity index (χ3n) is 5.97. The van der Waals surface area contributed by atoms with Gasteiger partial charge in [-0.3, -0.25) is 0 Å². The fraction of sp³-hybridized carbons (Fsp3) is 0.947. The highest BCUT2D eigenvalue weighted by Gasteiger charge is 2.47. The minimum absolute atomic E-state index is 0.0524. The molecule has 3 rings (SSSR count). The number of rotatable bonds is 10. The molecule has 1 heterocycles. The molecule has 2 amide bonds. The van der Waals surface area contributed by atoms with Gasteiger partial charge in [-0.15, -0.1) is 0 Å². The van der Waals surface area contributed by atoms with Crippen molar-refractivity contribution in [3.05, 3.63) is 0 Å². The third-order valence-corrected chi connectivity index (χ3v) is 7.26. The summed E-state index contributed by atoms with van der Waals surface area (Å²) >= 11 is 3.46. The normalized spacial score (nSPS) is 32.8. The summed E-state index contributed by atoms with van der Waals surface area (Å²) in [6.07, 6.45) is 8.57. The van der Waals surface area contributed by atoms with E-state index >= 15 is 0 Å². The topological polar surface area (TPSA) is 64.0 Å². The van der Waals surface area contributed by atoms with Crippen LogP contribution in [0.2, 0.25) is 0 Å². The van der Waals surface area contributed by atoms with Crippen molar-refractivity contribution in [1.29, 1.82) is 0 Å². The lowest BCUT2D eigenvalue weighted by atomic mass is 9.95. The molecule has 1 saturated heterocycles. The highest BCUT2D eigenvalue weighted by Crippen LogP contribution is 2.37. The molecule has 5 nitrogen and oxygen atoms in total. The summed E-state index contributed by atoms with van der Waals surface area (Å²) in [5.74, 6) is 2.93. The Balaban J connectivity index is 1.85. The zero-order valence-corrected chi connectivity index (χ0v) is 17.7. The van der Waals surface area contributed by atoms with Crippen molar-refractivity contribution >= 4 is 29.6 Å². The van der Waals surface area contributed by atoms with Crippen molar-refractivity contribution in [2.45, 2.75) is 62.8 Å². The zero-order valence-electron chi connectivity index (χ0n) is 16.0. The molecule has 7 heteroatoms. The van der Waals surface area contributed by atoms with Crippen molar-refractivity contribution in [3.8, 4) is 0 Å². The van der Waals surface area contributed by atoms with E-state index in [2.05, 4.69) is 0 Å². The van der Waals surface area contributed by atoms with Crippen LogP contribution in [-0.4, -0.2) is 87.4 Å². The van der Waals surface area contributed by atoms with Crippen molar-refractivity contribution < 1.29 is 15.0 Å². The smallest absolute Gasteiger partial charge is 0.320 e. The Bertz CT molecular complexity index is 434. The predicted molar refractivity (Wildman–Crippen MR) is 110 cm³/mol. The Hall–Kier alpha value is -0.110. The molecule has 3 fully saturated rings. The first-order valence-corrected chi connectivity index (χ1v) is 12.8. The van der Waals surface area contributed by atoms with E-state index in [1.54, 1.807) is 23.5 Å². The summed E-state index contributed by atoms with van der Waals surface area (Å²) in [6.45, 7) is 1.47. The number of hydrogen-bond acceptors (Lipinski definition) is 5. The van der Waals surface area contributed by atoms with Crippen LogP contribution >= 0.6 is 23.5 Å². The Morgan fingerprint density at radius 3 is 1.54 bits per heavy atom. The number of aliphatic hydroxyl groups is 2. The molecule has 2 saturated carbocycles. The van der Waals surface area contributed by atoms with Crippen LogP contribution < -0.4 is 0 Å². The van der Waals surface area contributed by atoms with Crippen molar-refractivity contribution in [2.24, 2.45) is 11.8 Å². The van der Waals surface area contributed by atoms with Crippen molar-refractivity contribution in [3.63, 3.8) is 0 Å². The Morgan fingerprint density at radius 2 is 1.23 bits per heavy atom. The van der Waals surface area contributed by atoms with E-state index in [1.165, 1.54) is 25.7 Å². The Labute approximate surface area is 166 Å². The van der Waals surface area contributed by atoms with Gasteiger partial charge in [0.1, 0.15) is 12.2 Å². The highest BCUT2D eigenvalue weighted by molar-refractivity contribution is 7.98. The number of carbonyl (C=O) groups excluding carboxylic acids is 1. The summed E-state index contributed by atoms with van der Waals surface area (Å²) in [5.41, 5.74) is 0. The number of hydrogen-bond donors (Lipinski definition) is 2. The van der Waals surface area contributed by atoms with Gasteiger partial charge in [-0.05, 0) is 74.4 Å². The quantitative estimate of drug-likeness (QED) is 0.588. The molecule has 150 valence electrons. The summed E-state index contributed by atoms with van der Waals surface area (Å²) in [4.78, 5) is 17.4. The SMILES string of the molecule is CSCCC1C(O)C(O)C(CCSC)N(CC2CC2)C(=O)N1CC1CC1. The maximum absolute atomic E-state index is 13.5. The molecule has 0 radical (unpaired) electrons. The van der Waals surface area contributed by atoms with Crippen LogP contribution in [0.5, 0.6) is 0 Å². The standard InChI is InChI=1S/C19H34N2O3S2/c1-25-9-7-15-17(22)18(23)16(8-10-26-2)21(12-14-5-6-14)19(24)20(15)11-13-3-4-13/h13-18,22-23H,3-12H2,1-2H3. The summed E-state index contributed by atoms with van der Waals surface area (Å²) < 4.78 is 0. The third kappa shape index (κ3) is 5.03. The molecule has 0 aromatic heterocycles. The molecule has 3 aliphatic rings. The minimum Gasteiger partial charge on any atom is -0.388 e.